The predicted octanol–water partition coefficient (Wildman–Crippen LogP) is 6.54. The Balaban J connectivity index is 2.14. The number of aryl methyl sites for hydroxylation is 1. The summed E-state index contributed by atoms with van der Waals surface area (Å²) < 4.78 is 6.22. The molecule has 0 N–H and O–H groups in total. The summed E-state index contributed by atoms with van der Waals surface area (Å²) in [6.07, 6.45) is 6.70. The van der Waals surface area contributed by atoms with Crippen LogP contribution in [-0.2, 0) is 4.74 Å². The fraction of sp³-hybridized carbons (Fsp3) is 0.571. The summed E-state index contributed by atoms with van der Waals surface area (Å²) in [5.41, 5.74) is 2.14. The Kier molecular flexibility index (Phi) is 7.65. The van der Waals surface area contributed by atoms with Crippen LogP contribution in [0.3, 0.4) is 0 Å². The lowest BCUT2D eigenvalue weighted by molar-refractivity contribution is 0.115. The highest BCUT2D eigenvalue weighted by Crippen LogP contribution is 2.28. The van der Waals surface area contributed by atoms with E-state index in [0.29, 0.717) is 11.8 Å². The third kappa shape index (κ3) is 7.71. The van der Waals surface area contributed by atoms with Gasteiger partial charge < -0.3 is 4.74 Å². The van der Waals surface area contributed by atoms with Crippen molar-refractivity contribution in [2.45, 2.75) is 71.7 Å². The van der Waals surface area contributed by atoms with Crippen LogP contribution in [0, 0.1) is 24.0 Å². The van der Waals surface area contributed by atoms with E-state index >= 15 is 0 Å². The highest BCUT2D eigenvalue weighted by Gasteiger charge is 2.22. The van der Waals surface area contributed by atoms with E-state index in [9.17, 15) is 0 Å². The molecule has 1 saturated carbocycles. The van der Waals surface area contributed by atoms with Crippen molar-refractivity contribution in [2.75, 3.05) is 0 Å². The van der Waals surface area contributed by atoms with Gasteiger partial charge in [-0.25, -0.2) is 4.99 Å². The van der Waals surface area contributed by atoms with Gasteiger partial charge in [-0.15, -0.1) is 11.2 Å². The van der Waals surface area contributed by atoms with Crippen LogP contribution in [0.4, 0.5) is 5.69 Å². The molecule has 0 saturated heterocycles. The molecule has 0 spiro atoms. The SMILES string of the molecule is Cc1ccc(N=C(C#CS[Si](C)(C)C)OC(C)C2CCCCC2)cc1. The van der Waals surface area contributed by atoms with Crippen molar-refractivity contribution in [1.29, 1.82) is 0 Å². The van der Waals surface area contributed by atoms with Gasteiger partial charge in [-0.05, 0) is 50.0 Å². The lowest BCUT2D eigenvalue weighted by Crippen LogP contribution is -2.25. The first-order chi connectivity index (χ1) is 11.8. The van der Waals surface area contributed by atoms with E-state index < -0.39 is 7.22 Å². The normalized spacial score (nSPS) is 17.6. The van der Waals surface area contributed by atoms with Crippen molar-refractivity contribution < 1.29 is 4.74 Å². The summed E-state index contributed by atoms with van der Waals surface area (Å²) in [6.45, 7) is 11.2. The van der Waals surface area contributed by atoms with Gasteiger partial charge in [0.15, 0.2) is 0 Å². The number of nitrogens with zero attached hydrogens (tertiary/aromatic N) is 1. The Morgan fingerprint density at radius 3 is 2.40 bits per heavy atom. The molecule has 0 heterocycles. The van der Waals surface area contributed by atoms with Crippen molar-refractivity contribution in [3.8, 4) is 11.2 Å². The smallest absolute Gasteiger partial charge is 0.269 e. The number of rotatable bonds is 4. The number of aliphatic imine (C=N–C) groups is 1. The molecular formula is C21H31NOSSi. The Bertz CT molecular complexity index is 631. The quantitative estimate of drug-likeness (QED) is 0.259. The summed E-state index contributed by atoms with van der Waals surface area (Å²) in [6, 6.07) is 8.20. The monoisotopic (exact) mass is 373 g/mol. The van der Waals surface area contributed by atoms with Crippen LogP contribution >= 0.6 is 11.2 Å². The summed E-state index contributed by atoms with van der Waals surface area (Å²) in [5, 5.41) is 3.24. The zero-order chi connectivity index (χ0) is 18.3. The predicted molar refractivity (Wildman–Crippen MR) is 114 cm³/mol. The van der Waals surface area contributed by atoms with Crippen LogP contribution < -0.4 is 0 Å². The van der Waals surface area contributed by atoms with Crippen molar-refractivity contribution >= 4 is 30.0 Å². The third-order valence-electron chi connectivity index (χ3n) is 4.39. The zero-order valence-corrected chi connectivity index (χ0v) is 18.1. The van der Waals surface area contributed by atoms with E-state index in [4.69, 9.17) is 4.74 Å². The highest BCUT2D eigenvalue weighted by atomic mass is 32.4. The van der Waals surface area contributed by atoms with Gasteiger partial charge in [-0.3, -0.25) is 0 Å². The van der Waals surface area contributed by atoms with Gasteiger partial charge in [-0.1, -0.05) is 56.6 Å². The van der Waals surface area contributed by atoms with Crippen LogP contribution in [0.25, 0.3) is 0 Å². The first-order valence-electron chi connectivity index (χ1n) is 9.34. The molecule has 1 unspecified atom stereocenters. The molecule has 1 atom stereocenters. The third-order valence-corrected chi connectivity index (χ3v) is 7.35. The van der Waals surface area contributed by atoms with Crippen molar-refractivity contribution in [2.24, 2.45) is 10.9 Å². The molecule has 0 amide bonds. The number of ether oxygens (including phenoxy) is 1. The average Bonchev–Trinajstić information content (AvgIpc) is 2.56. The molecule has 2 rings (SSSR count). The largest absolute Gasteiger partial charge is 0.468 e. The Hall–Kier alpha value is -1.18. The van der Waals surface area contributed by atoms with E-state index in [2.05, 4.69) is 61.8 Å². The van der Waals surface area contributed by atoms with Gasteiger partial charge in [0, 0.05) is 5.92 Å². The maximum absolute atomic E-state index is 6.22. The van der Waals surface area contributed by atoms with Gasteiger partial charge in [0.2, 0.25) is 0 Å². The van der Waals surface area contributed by atoms with Crippen LogP contribution in [0.15, 0.2) is 29.3 Å². The average molecular weight is 374 g/mol. The second kappa shape index (κ2) is 9.50. The molecule has 0 bridgehead atoms. The highest BCUT2D eigenvalue weighted by molar-refractivity contribution is 8.32. The molecule has 1 aliphatic rings. The molecule has 1 aromatic rings. The van der Waals surface area contributed by atoms with Gasteiger partial charge in [0.05, 0.1) is 5.69 Å². The zero-order valence-electron chi connectivity index (χ0n) is 16.3. The second-order valence-corrected chi connectivity index (χ2v) is 16.8. The summed E-state index contributed by atoms with van der Waals surface area (Å²) in [5.74, 6) is 4.38. The van der Waals surface area contributed by atoms with Gasteiger partial charge >= 0.3 is 0 Å². The standard InChI is InChI=1S/C21H31NOSSi/c1-17-11-13-20(14-12-17)22-21(15-16-24-25(3,4)5)23-18(2)19-9-7-6-8-10-19/h11-14,18-19H,6-10H2,1-5H3. The van der Waals surface area contributed by atoms with E-state index in [1.165, 1.54) is 37.7 Å². The Labute approximate surface area is 158 Å². The topological polar surface area (TPSA) is 21.6 Å². The minimum Gasteiger partial charge on any atom is -0.468 e. The van der Waals surface area contributed by atoms with E-state index in [-0.39, 0.29) is 6.10 Å². The molecule has 0 radical (unpaired) electrons. The number of hydrogen-bond donors (Lipinski definition) is 0. The molecular weight excluding hydrogens is 342 g/mol. The van der Waals surface area contributed by atoms with Crippen LogP contribution in [0.2, 0.25) is 19.6 Å². The summed E-state index contributed by atoms with van der Waals surface area (Å²) >= 11 is 1.75. The van der Waals surface area contributed by atoms with Gasteiger partial charge in [-0.2, -0.15) is 0 Å². The van der Waals surface area contributed by atoms with E-state index in [0.717, 1.165) is 5.69 Å². The molecule has 0 aromatic heterocycles. The number of hydrogen-bond acceptors (Lipinski definition) is 3. The fourth-order valence-corrected chi connectivity index (χ4v) is 4.43. The molecule has 4 heteroatoms. The van der Waals surface area contributed by atoms with Crippen LogP contribution in [0.1, 0.15) is 44.6 Å². The summed E-state index contributed by atoms with van der Waals surface area (Å²) in [4.78, 5) is 4.68. The van der Waals surface area contributed by atoms with E-state index in [1.807, 2.05) is 12.1 Å². The van der Waals surface area contributed by atoms with Crippen molar-refractivity contribution in [1.82, 2.24) is 0 Å². The summed E-state index contributed by atoms with van der Waals surface area (Å²) in [7, 11) is -1.26. The lowest BCUT2D eigenvalue weighted by atomic mass is 9.86. The maximum Gasteiger partial charge on any atom is 0.269 e. The molecule has 0 aliphatic heterocycles. The van der Waals surface area contributed by atoms with Crippen LogP contribution in [-0.4, -0.2) is 19.2 Å². The lowest BCUT2D eigenvalue weighted by Gasteiger charge is -2.27. The first kappa shape index (κ1) is 20.1. The minimum atomic E-state index is -1.26. The molecule has 1 aromatic carbocycles. The van der Waals surface area contributed by atoms with Crippen molar-refractivity contribution in [3.63, 3.8) is 0 Å². The Morgan fingerprint density at radius 1 is 1.16 bits per heavy atom. The Morgan fingerprint density at radius 2 is 1.80 bits per heavy atom. The van der Waals surface area contributed by atoms with Crippen LogP contribution in [0.5, 0.6) is 0 Å². The first-order valence-corrected chi connectivity index (χ1v) is 14.4. The molecule has 136 valence electrons. The van der Waals surface area contributed by atoms with Crippen molar-refractivity contribution in [3.05, 3.63) is 29.8 Å². The van der Waals surface area contributed by atoms with E-state index in [1.54, 1.807) is 11.2 Å². The molecule has 25 heavy (non-hydrogen) atoms. The second-order valence-electron chi connectivity index (χ2n) is 7.92. The molecule has 1 fully saturated rings. The fourth-order valence-electron chi connectivity index (χ4n) is 2.92. The van der Waals surface area contributed by atoms with Gasteiger partial charge in [0.25, 0.3) is 5.90 Å². The molecule has 2 nitrogen and oxygen atoms in total. The maximum atomic E-state index is 6.22. The minimum absolute atomic E-state index is 0.177. The van der Waals surface area contributed by atoms with Gasteiger partial charge in [0.1, 0.15) is 13.3 Å². The number of benzene rings is 1. The molecule has 1 aliphatic carbocycles.